The van der Waals surface area contributed by atoms with E-state index in [1.165, 1.54) is 16.5 Å². The van der Waals surface area contributed by atoms with Gasteiger partial charge in [-0.25, -0.2) is 13.8 Å². The Morgan fingerprint density at radius 3 is 2.55 bits per heavy atom. The van der Waals surface area contributed by atoms with Crippen LogP contribution in [0.4, 0.5) is 14.6 Å². The predicted molar refractivity (Wildman–Crippen MR) is 75.0 cm³/mol. The summed E-state index contributed by atoms with van der Waals surface area (Å²) in [5.74, 6) is -1.66. The van der Waals surface area contributed by atoms with Crippen molar-refractivity contribution in [2.75, 3.05) is 5.73 Å². The van der Waals surface area contributed by atoms with Crippen LogP contribution in [0, 0.1) is 11.6 Å². The number of aromatic nitrogens is 2. The summed E-state index contributed by atoms with van der Waals surface area (Å²) in [5, 5.41) is 0.710. The summed E-state index contributed by atoms with van der Waals surface area (Å²) < 4.78 is 27.8. The first-order chi connectivity index (χ1) is 9.47. The van der Waals surface area contributed by atoms with E-state index in [4.69, 9.17) is 28.9 Å². The van der Waals surface area contributed by atoms with Crippen LogP contribution in [0.25, 0.3) is 16.9 Å². The number of anilines is 1. The Morgan fingerprint density at radius 1 is 1.10 bits per heavy atom. The number of nitrogen functional groups attached to an aromatic ring is 1. The van der Waals surface area contributed by atoms with E-state index in [0.717, 1.165) is 12.1 Å². The molecule has 1 aromatic carbocycles. The highest BCUT2D eigenvalue weighted by Crippen LogP contribution is 2.31. The van der Waals surface area contributed by atoms with Crippen LogP contribution in [-0.2, 0) is 0 Å². The molecule has 0 spiro atoms. The van der Waals surface area contributed by atoms with E-state index in [2.05, 4.69) is 4.98 Å². The zero-order chi connectivity index (χ0) is 14.4. The Kier molecular flexibility index (Phi) is 3.03. The van der Waals surface area contributed by atoms with Gasteiger partial charge in [-0.05, 0) is 24.3 Å². The van der Waals surface area contributed by atoms with Gasteiger partial charge in [0.1, 0.15) is 11.5 Å². The fraction of sp³-hybridized carbons (Fsp3) is 0. The van der Waals surface area contributed by atoms with Crippen molar-refractivity contribution in [1.29, 1.82) is 0 Å². The molecule has 20 heavy (non-hydrogen) atoms. The number of pyridine rings is 1. The topological polar surface area (TPSA) is 43.3 Å². The first-order valence-corrected chi connectivity index (χ1v) is 6.31. The minimum atomic E-state index is -0.969. The van der Waals surface area contributed by atoms with Crippen LogP contribution in [0.3, 0.4) is 0 Å². The number of nitrogens with two attached hydrogens (primary N) is 1. The zero-order valence-corrected chi connectivity index (χ0v) is 11.4. The van der Waals surface area contributed by atoms with Crippen molar-refractivity contribution < 1.29 is 8.78 Å². The Balaban J connectivity index is 2.29. The fourth-order valence-corrected chi connectivity index (χ4v) is 2.46. The SMILES string of the molecule is Nc1c(-c2ccc(F)c(F)c2)nc2c(Cl)cc(Cl)cn12. The zero-order valence-electron chi connectivity index (χ0n) is 9.87. The van der Waals surface area contributed by atoms with E-state index < -0.39 is 11.6 Å². The smallest absolute Gasteiger partial charge is 0.159 e. The number of nitrogens with zero attached hydrogens (tertiary/aromatic N) is 2. The van der Waals surface area contributed by atoms with Crippen LogP contribution >= 0.6 is 23.2 Å². The third-order valence-electron chi connectivity index (χ3n) is 2.87. The third kappa shape index (κ3) is 1.99. The highest BCUT2D eigenvalue weighted by molar-refractivity contribution is 6.36. The van der Waals surface area contributed by atoms with Gasteiger partial charge in [0.25, 0.3) is 0 Å². The van der Waals surface area contributed by atoms with Gasteiger partial charge in [0.2, 0.25) is 0 Å². The van der Waals surface area contributed by atoms with E-state index in [9.17, 15) is 8.78 Å². The third-order valence-corrected chi connectivity index (χ3v) is 3.36. The number of hydrogen-bond acceptors (Lipinski definition) is 2. The van der Waals surface area contributed by atoms with E-state index in [1.54, 1.807) is 6.20 Å². The largest absolute Gasteiger partial charge is 0.383 e. The maximum atomic E-state index is 13.3. The second kappa shape index (κ2) is 4.61. The average Bonchev–Trinajstić information content (AvgIpc) is 2.71. The quantitative estimate of drug-likeness (QED) is 0.732. The summed E-state index contributed by atoms with van der Waals surface area (Å²) >= 11 is 11.9. The van der Waals surface area contributed by atoms with Gasteiger partial charge < -0.3 is 5.73 Å². The van der Waals surface area contributed by atoms with E-state index in [0.29, 0.717) is 26.9 Å². The highest BCUT2D eigenvalue weighted by Gasteiger charge is 2.15. The summed E-state index contributed by atoms with van der Waals surface area (Å²) in [6, 6.07) is 4.97. The number of fused-ring (bicyclic) bond motifs is 1. The molecule has 7 heteroatoms. The molecule has 0 fully saturated rings. The molecule has 0 bridgehead atoms. The van der Waals surface area contributed by atoms with Crippen molar-refractivity contribution >= 4 is 34.7 Å². The molecule has 0 amide bonds. The van der Waals surface area contributed by atoms with Gasteiger partial charge in [-0.2, -0.15) is 0 Å². The number of halogens is 4. The Hall–Kier alpha value is -1.85. The number of rotatable bonds is 1. The molecule has 102 valence electrons. The highest BCUT2D eigenvalue weighted by atomic mass is 35.5. The van der Waals surface area contributed by atoms with Crippen molar-refractivity contribution in [3.05, 3.63) is 52.1 Å². The van der Waals surface area contributed by atoms with Gasteiger partial charge in [-0.15, -0.1) is 0 Å². The molecule has 0 radical (unpaired) electrons. The fourth-order valence-electron chi connectivity index (χ4n) is 1.95. The maximum Gasteiger partial charge on any atom is 0.159 e. The van der Waals surface area contributed by atoms with Gasteiger partial charge in [-0.3, -0.25) is 4.40 Å². The molecule has 0 saturated carbocycles. The molecule has 3 nitrogen and oxygen atoms in total. The Labute approximate surface area is 122 Å². The minimum absolute atomic E-state index is 0.246. The van der Waals surface area contributed by atoms with Crippen LogP contribution in [0.5, 0.6) is 0 Å². The number of hydrogen-bond donors (Lipinski definition) is 1. The number of benzene rings is 1. The van der Waals surface area contributed by atoms with Crippen LogP contribution in [0.2, 0.25) is 10.0 Å². The average molecular weight is 314 g/mol. The van der Waals surface area contributed by atoms with Crippen LogP contribution in [0.15, 0.2) is 30.5 Å². The number of imidazole rings is 1. The van der Waals surface area contributed by atoms with E-state index in [-0.39, 0.29) is 5.82 Å². The monoisotopic (exact) mass is 313 g/mol. The lowest BCUT2D eigenvalue weighted by Gasteiger charge is -2.01. The second-order valence-electron chi connectivity index (χ2n) is 4.17. The van der Waals surface area contributed by atoms with E-state index >= 15 is 0 Å². The van der Waals surface area contributed by atoms with Crippen molar-refractivity contribution in [2.24, 2.45) is 0 Å². The van der Waals surface area contributed by atoms with Crippen LogP contribution in [0.1, 0.15) is 0 Å². The maximum absolute atomic E-state index is 13.3. The molecule has 0 atom stereocenters. The van der Waals surface area contributed by atoms with Crippen molar-refractivity contribution in [2.45, 2.75) is 0 Å². The molecule has 0 unspecified atom stereocenters. The van der Waals surface area contributed by atoms with Gasteiger partial charge in [0.15, 0.2) is 17.3 Å². The first-order valence-electron chi connectivity index (χ1n) is 5.55. The molecular formula is C13H7Cl2F2N3. The molecule has 0 saturated heterocycles. The Bertz CT molecular complexity index is 830. The minimum Gasteiger partial charge on any atom is -0.383 e. The molecule has 3 rings (SSSR count). The summed E-state index contributed by atoms with van der Waals surface area (Å²) in [6.45, 7) is 0. The van der Waals surface area contributed by atoms with Crippen LogP contribution < -0.4 is 5.73 Å². The van der Waals surface area contributed by atoms with Gasteiger partial charge in [0, 0.05) is 11.8 Å². The van der Waals surface area contributed by atoms with Gasteiger partial charge >= 0.3 is 0 Å². The normalized spacial score (nSPS) is 11.2. The lowest BCUT2D eigenvalue weighted by molar-refractivity contribution is 0.509. The molecule has 0 aliphatic heterocycles. The summed E-state index contributed by atoms with van der Waals surface area (Å²) in [4.78, 5) is 4.25. The molecule has 3 aromatic rings. The second-order valence-corrected chi connectivity index (χ2v) is 5.02. The van der Waals surface area contributed by atoms with Crippen molar-refractivity contribution in [3.8, 4) is 11.3 Å². The first kappa shape index (κ1) is 13.1. The molecule has 2 aromatic heterocycles. The van der Waals surface area contributed by atoms with E-state index in [1.807, 2.05) is 0 Å². The molecule has 2 N–H and O–H groups in total. The summed E-state index contributed by atoms with van der Waals surface area (Å²) in [6.07, 6.45) is 1.55. The van der Waals surface area contributed by atoms with Crippen LogP contribution in [-0.4, -0.2) is 9.38 Å². The van der Waals surface area contributed by atoms with Gasteiger partial charge in [0.05, 0.1) is 10.0 Å². The van der Waals surface area contributed by atoms with Crippen molar-refractivity contribution in [1.82, 2.24) is 9.38 Å². The molecular weight excluding hydrogens is 307 g/mol. The standard InChI is InChI=1S/C13H7Cl2F2N3/c14-7-4-8(15)13-19-11(12(18)20(13)5-7)6-1-2-9(16)10(17)3-6/h1-5H,18H2. The lowest BCUT2D eigenvalue weighted by Crippen LogP contribution is -1.95. The molecule has 0 aliphatic carbocycles. The Morgan fingerprint density at radius 2 is 1.85 bits per heavy atom. The summed E-state index contributed by atoms with van der Waals surface area (Å²) in [7, 11) is 0. The van der Waals surface area contributed by atoms with Crippen molar-refractivity contribution in [3.63, 3.8) is 0 Å². The predicted octanol–water partition coefficient (Wildman–Crippen LogP) is 4.17. The lowest BCUT2D eigenvalue weighted by atomic mass is 10.1. The molecule has 2 heterocycles. The van der Waals surface area contributed by atoms with Gasteiger partial charge in [-0.1, -0.05) is 23.2 Å². The summed E-state index contributed by atoms with van der Waals surface area (Å²) in [5.41, 5.74) is 7.03. The molecule has 0 aliphatic rings.